The lowest BCUT2D eigenvalue weighted by molar-refractivity contribution is -0.0723. The minimum Gasteiger partial charge on any atom is -0.394 e. The molecule has 3 aliphatic rings. The second-order valence-corrected chi connectivity index (χ2v) is 7.31. The van der Waals surface area contributed by atoms with Gasteiger partial charge in [-0.3, -0.25) is 4.90 Å². The molecule has 0 amide bonds. The van der Waals surface area contributed by atoms with Crippen molar-refractivity contribution in [2.45, 2.75) is 69.1 Å². The van der Waals surface area contributed by atoms with Crippen LogP contribution in [0.1, 0.15) is 46.0 Å². The number of rotatable bonds is 4. The van der Waals surface area contributed by atoms with Crippen molar-refractivity contribution in [3.8, 4) is 0 Å². The first kappa shape index (κ1) is 13.8. The van der Waals surface area contributed by atoms with Gasteiger partial charge >= 0.3 is 0 Å². The van der Waals surface area contributed by atoms with Crippen LogP contribution in [-0.4, -0.2) is 59.5 Å². The van der Waals surface area contributed by atoms with Gasteiger partial charge in [0.1, 0.15) is 0 Å². The number of aliphatic hydroxyl groups excluding tert-OH is 1. The molecule has 1 saturated heterocycles. The first-order chi connectivity index (χ1) is 9.05. The van der Waals surface area contributed by atoms with Crippen LogP contribution in [0.15, 0.2) is 0 Å². The summed E-state index contributed by atoms with van der Waals surface area (Å²) in [5.74, 6) is 0. The van der Waals surface area contributed by atoms with E-state index < -0.39 is 0 Å². The summed E-state index contributed by atoms with van der Waals surface area (Å²) >= 11 is 0. The number of aliphatic hydroxyl groups is 1. The number of morpholine rings is 1. The first-order valence-electron chi connectivity index (χ1n) is 7.78. The van der Waals surface area contributed by atoms with E-state index in [-0.39, 0.29) is 17.7 Å². The van der Waals surface area contributed by atoms with Crippen LogP contribution in [0.4, 0.5) is 0 Å². The van der Waals surface area contributed by atoms with Crippen molar-refractivity contribution >= 4 is 0 Å². The molecule has 2 N–H and O–H groups in total. The SMILES string of the molecule is CC1(C)COCCN1C1CCC(CO)(NC2CC2)C1. The molecule has 0 aromatic rings. The van der Waals surface area contributed by atoms with Crippen LogP contribution in [0.3, 0.4) is 0 Å². The van der Waals surface area contributed by atoms with E-state index in [1.165, 1.54) is 19.3 Å². The topological polar surface area (TPSA) is 44.7 Å². The Hall–Kier alpha value is -0.160. The fourth-order valence-electron chi connectivity index (χ4n) is 3.89. The summed E-state index contributed by atoms with van der Waals surface area (Å²) in [4.78, 5) is 2.61. The van der Waals surface area contributed by atoms with Gasteiger partial charge in [0.05, 0.1) is 19.8 Å². The van der Waals surface area contributed by atoms with Gasteiger partial charge in [0.2, 0.25) is 0 Å². The first-order valence-corrected chi connectivity index (χ1v) is 7.78. The molecule has 2 atom stereocenters. The van der Waals surface area contributed by atoms with Gasteiger partial charge in [-0.25, -0.2) is 0 Å². The number of nitrogens with zero attached hydrogens (tertiary/aromatic N) is 1. The van der Waals surface area contributed by atoms with E-state index in [1.807, 2.05) is 0 Å². The zero-order valence-corrected chi connectivity index (χ0v) is 12.3. The van der Waals surface area contributed by atoms with Gasteiger partial charge in [-0.2, -0.15) is 0 Å². The van der Waals surface area contributed by atoms with E-state index in [0.717, 1.165) is 32.6 Å². The van der Waals surface area contributed by atoms with Crippen molar-refractivity contribution in [2.75, 3.05) is 26.4 Å². The predicted molar refractivity (Wildman–Crippen MR) is 75.2 cm³/mol. The molecule has 4 heteroatoms. The summed E-state index contributed by atoms with van der Waals surface area (Å²) in [5, 5.41) is 13.5. The number of hydrogen-bond donors (Lipinski definition) is 2. The van der Waals surface area contributed by atoms with E-state index >= 15 is 0 Å². The van der Waals surface area contributed by atoms with E-state index in [0.29, 0.717) is 12.1 Å². The molecular formula is C15H28N2O2. The van der Waals surface area contributed by atoms with Gasteiger partial charge in [0.25, 0.3) is 0 Å². The maximum absolute atomic E-state index is 9.83. The maximum atomic E-state index is 9.83. The molecule has 2 saturated carbocycles. The van der Waals surface area contributed by atoms with Crippen LogP contribution in [0.2, 0.25) is 0 Å². The van der Waals surface area contributed by atoms with Crippen LogP contribution in [0, 0.1) is 0 Å². The van der Waals surface area contributed by atoms with Gasteiger partial charge in [-0.05, 0) is 46.0 Å². The highest BCUT2D eigenvalue weighted by molar-refractivity contribution is 5.05. The van der Waals surface area contributed by atoms with Crippen LogP contribution < -0.4 is 5.32 Å². The minimum atomic E-state index is -0.0137. The Morgan fingerprint density at radius 3 is 2.74 bits per heavy atom. The number of ether oxygens (including phenoxy) is 1. The van der Waals surface area contributed by atoms with Crippen molar-refractivity contribution in [3.05, 3.63) is 0 Å². The quantitative estimate of drug-likeness (QED) is 0.802. The molecule has 0 aromatic carbocycles. The predicted octanol–water partition coefficient (Wildman–Crippen LogP) is 1.13. The molecule has 0 bridgehead atoms. The Kier molecular flexibility index (Phi) is 3.63. The Balaban J connectivity index is 1.66. The molecule has 110 valence electrons. The molecular weight excluding hydrogens is 240 g/mol. The van der Waals surface area contributed by atoms with Crippen molar-refractivity contribution in [3.63, 3.8) is 0 Å². The van der Waals surface area contributed by atoms with E-state index in [1.54, 1.807) is 0 Å². The van der Waals surface area contributed by atoms with Gasteiger partial charge in [0, 0.05) is 29.7 Å². The van der Waals surface area contributed by atoms with Crippen LogP contribution >= 0.6 is 0 Å². The van der Waals surface area contributed by atoms with Crippen molar-refractivity contribution in [1.82, 2.24) is 10.2 Å². The Morgan fingerprint density at radius 2 is 2.11 bits per heavy atom. The van der Waals surface area contributed by atoms with Crippen molar-refractivity contribution in [2.24, 2.45) is 0 Å². The lowest BCUT2D eigenvalue weighted by Crippen LogP contribution is -2.57. The van der Waals surface area contributed by atoms with Gasteiger partial charge in [0.15, 0.2) is 0 Å². The van der Waals surface area contributed by atoms with Gasteiger partial charge in [-0.1, -0.05) is 0 Å². The molecule has 19 heavy (non-hydrogen) atoms. The third-order valence-electron chi connectivity index (χ3n) is 5.12. The minimum absolute atomic E-state index is 0.0137. The molecule has 0 radical (unpaired) electrons. The van der Waals surface area contributed by atoms with E-state index in [4.69, 9.17) is 4.74 Å². The molecule has 3 fully saturated rings. The van der Waals surface area contributed by atoms with E-state index in [9.17, 15) is 5.11 Å². The second kappa shape index (κ2) is 4.99. The van der Waals surface area contributed by atoms with E-state index in [2.05, 4.69) is 24.1 Å². The monoisotopic (exact) mass is 268 g/mol. The summed E-state index contributed by atoms with van der Waals surface area (Å²) in [6.07, 6.45) is 5.97. The lowest BCUT2D eigenvalue weighted by Gasteiger charge is -2.46. The molecule has 2 aliphatic carbocycles. The molecule has 0 spiro atoms. The standard InChI is InChI=1S/C15H28N2O2/c1-14(2)11-19-8-7-17(14)13-5-6-15(9-13,10-18)16-12-3-4-12/h12-13,16,18H,3-11H2,1-2H3. The fraction of sp³-hybridized carbons (Fsp3) is 1.00. The zero-order valence-electron chi connectivity index (χ0n) is 12.3. The Morgan fingerprint density at radius 1 is 1.32 bits per heavy atom. The molecule has 4 nitrogen and oxygen atoms in total. The van der Waals surface area contributed by atoms with Gasteiger partial charge < -0.3 is 15.2 Å². The number of nitrogens with one attached hydrogen (secondary N) is 1. The summed E-state index contributed by atoms with van der Waals surface area (Å²) in [7, 11) is 0. The van der Waals surface area contributed by atoms with Crippen LogP contribution in [-0.2, 0) is 4.74 Å². The largest absolute Gasteiger partial charge is 0.394 e. The third-order valence-corrected chi connectivity index (χ3v) is 5.12. The highest BCUT2D eigenvalue weighted by atomic mass is 16.5. The summed E-state index contributed by atoms with van der Waals surface area (Å²) in [6, 6.07) is 1.26. The molecule has 2 unspecified atom stereocenters. The lowest BCUT2D eigenvalue weighted by atomic mass is 9.95. The average molecular weight is 268 g/mol. The van der Waals surface area contributed by atoms with Crippen molar-refractivity contribution in [1.29, 1.82) is 0 Å². The van der Waals surface area contributed by atoms with Crippen LogP contribution in [0.5, 0.6) is 0 Å². The number of hydrogen-bond acceptors (Lipinski definition) is 4. The molecule has 1 aliphatic heterocycles. The highest BCUT2D eigenvalue weighted by Crippen LogP contribution is 2.38. The fourth-order valence-corrected chi connectivity index (χ4v) is 3.89. The average Bonchev–Trinajstić information content (AvgIpc) is 3.08. The van der Waals surface area contributed by atoms with Crippen molar-refractivity contribution < 1.29 is 9.84 Å². The molecule has 3 rings (SSSR count). The smallest absolute Gasteiger partial charge is 0.0645 e. The third kappa shape index (κ3) is 2.82. The highest BCUT2D eigenvalue weighted by Gasteiger charge is 2.46. The maximum Gasteiger partial charge on any atom is 0.0645 e. The Labute approximate surface area is 116 Å². The molecule has 1 heterocycles. The zero-order chi connectivity index (χ0) is 13.5. The summed E-state index contributed by atoms with van der Waals surface area (Å²) in [5.41, 5.74) is 0.119. The summed E-state index contributed by atoms with van der Waals surface area (Å²) in [6.45, 7) is 7.54. The normalized spacial score (nSPS) is 39.6. The second-order valence-electron chi connectivity index (χ2n) is 7.31. The summed E-state index contributed by atoms with van der Waals surface area (Å²) < 4.78 is 5.62. The Bertz CT molecular complexity index is 330. The molecule has 0 aromatic heterocycles. The van der Waals surface area contributed by atoms with Gasteiger partial charge in [-0.15, -0.1) is 0 Å². The van der Waals surface area contributed by atoms with Crippen LogP contribution in [0.25, 0.3) is 0 Å².